The van der Waals surface area contributed by atoms with E-state index in [4.69, 9.17) is 0 Å². The van der Waals surface area contributed by atoms with E-state index in [1.165, 1.54) is 30.7 Å². The van der Waals surface area contributed by atoms with Gasteiger partial charge in [0.15, 0.2) is 23.1 Å². The zero-order chi connectivity index (χ0) is 18.1. The highest BCUT2D eigenvalue weighted by atomic mass is 19.1. The second-order valence-electron chi connectivity index (χ2n) is 8.85. The summed E-state index contributed by atoms with van der Waals surface area (Å²) in [4.78, 5) is 0. The highest BCUT2D eigenvalue weighted by Crippen LogP contribution is 2.66. The summed E-state index contributed by atoms with van der Waals surface area (Å²) in [5.74, 6) is -0.636. The zero-order valence-corrected chi connectivity index (χ0v) is 14.5. The molecule has 4 aliphatic carbocycles. The lowest BCUT2D eigenvalue weighted by Crippen LogP contribution is -2.56. The summed E-state index contributed by atoms with van der Waals surface area (Å²) in [6, 6.07) is 9.61. The third-order valence-corrected chi connectivity index (χ3v) is 7.18. The molecule has 4 saturated carbocycles. The van der Waals surface area contributed by atoms with Crippen molar-refractivity contribution in [3.05, 3.63) is 59.2 Å². The Morgan fingerprint density at radius 2 is 1.15 bits per heavy atom. The molecule has 4 fully saturated rings. The Labute approximate surface area is 151 Å². The van der Waals surface area contributed by atoms with Crippen LogP contribution in [0.1, 0.15) is 49.7 Å². The maximum Gasteiger partial charge on any atom is 0.165 e. The van der Waals surface area contributed by atoms with Crippen molar-refractivity contribution >= 4 is 0 Å². The van der Waals surface area contributed by atoms with Crippen LogP contribution >= 0.6 is 0 Å². The van der Waals surface area contributed by atoms with Crippen LogP contribution in [0, 0.1) is 23.5 Å². The lowest BCUT2D eigenvalue weighted by atomic mass is 9.41. The van der Waals surface area contributed by atoms with Crippen molar-refractivity contribution in [1.82, 2.24) is 0 Å². The van der Waals surface area contributed by atoms with Crippen molar-refractivity contribution in [3.8, 4) is 11.5 Å². The number of benzene rings is 2. The van der Waals surface area contributed by atoms with Crippen LogP contribution in [-0.2, 0) is 10.8 Å². The molecule has 0 saturated heterocycles. The molecule has 2 nitrogen and oxygen atoms in total. The van der Waals surface area contributed by atoms with E-state index in [1.54, 1.807) is 0 Å². The summed E-state index contributed by atoms with van der Waals surface area (Å²) in [5, 5.41) is 19.1. The molecule has 0 heterocycles. The first-order valence-corrected chi connectivity index (χ1v) is 9.37. The molecule has 2 N–H and O–H groups in total. The number of hydrogen-bond acceptors (Lipinski definition) is 2. The second-order valence-corrected chi connectivity index (χ2v) is 8.85. The van der Waals surface area contributed by atoms with Crippen molar-refractivity contribution in [3.63, 3.8) is 0 Å². The molecular formula is C22H22F2O2. The highest BCUT2D eigenvalue weighted by Gasteiger charge is 2.58. The summed E-state index contributed by atoms with van der Waals surface area (Å²) in [5.41, 5.74) is 1.72. The van der Waals surface area contributed by atoms with Gasteiger partial charge in [0.25, 0.3) is 0 Å². The zero-order valence-electron chi connectivity index (χ0n) is 14.5. The van der Waals surface area contributed by atoms with Crippen LogP contribution in [-0.4, -0.2) is 10.2 Å². The maximum absolute atomic E-state index is 14.1. The van der Waals surface area contributed by atoms with Gasteiger partial charge in [0.05, 0.1) is 0 Å². The molecule has 2 aromatic carbocycles. The monoisotopic (exact) mass is 356 g/mol. The smallest absolute Gasteiger partial charge is 0.165 e. The second kappa shape index (κ2) is 5.21. The van der Waals surface area contributed by atoms with Gasteiger partial charge in [0, 0.05) is 0 Å². The molecule has 6 rings (SSSR count). The molecule has 0 aromatic heterocycles. The fourth-order valence-corrected chi connectivity index (χ4v) is 6.61. The van der Waals surface area contributed by atoms with E-state index in [0.29, 0.717) is 11.8 Å². The fraction of sp³-hybridized carbons (Fsp3) is 0.455. The number of aromatic hydroxyl groups is 2. The van der Waals surface area contributed by atoms with Crippen LogP contribution in [0.4, 0.5) is 8.78 Å². The van der Waals surface area contributed by atoms with Gasteiger partial charge in [-0.2, -0.15) is 0 Å². The third-order valence-electron chi connectivity index (χ3n) is 7.18. The minimum absolute atomic E-state index is 0.104. The summed E-state index contributed by atoms with van der Waals surface area (Å²) >= 11 is 0. The number of phenolic OH excluding ortho intramolecular Hbond substituents is 2. The lowest BCUT2D eigenvalue weighted by Gasteiger charge is -2.62. The predicted octanol–water partition coefficient (Wildman–Crippen LogP) is 5.17. The normalized spacial score (nSPS) is 35.0. The Morgan fingerprint density at radius 3 is 1.54 bits per heavy atom. The van der Waals surface area contributed by atoms with Gasteiger partial charge in [-0.3, -0.25) is 0 Å². The molecule has 2 aromatic rings. The Bertz CT molecular complexity index is 808. The first kappa shape index (κ1) is 16.1. The van der Waals surface area contributed by atoms with Crippen LogP contribution in [0.3, 0.4) is 0 Å². The number of rotatable bonds is 2. The highest BCUT2D eigenvalue weighted by molar-refractivity contribution is 5.41. The van der Waals surface area contributed by atoms with Gasteiger partial charge >= 0.3 is 0 Å². The van der Waals surface area contributed by atoms with Gasteiger partial charge in [-0.05, 0) is 96.6 Å². The fourth-order valence-electron chi connectivity index (χ4n) is 6.61. The first-order chi connectivity index (χ1) is 12.4. The summed E-state index contributed by atoms with van der Waals surface area (Å²) in [6.45, 7) is 0. The van der Waals surface area contributed by atoms with Crippen molar-refractivity contribution in [1.29, 1.82) is 0 Å². The van der Waals surface area contributed by atoms with Crippen LogP contribution in [0.5, 0.6) is 11.5 Å². The van der Waals surface area contributed by atoms with E-state index in [1.807, 2.05) is 12.1 Å². The summed E-state index contributed by atoms with van der Waals surface area (Å²) < 4.78 is 28.1. The number of halogens is 2. The maximum atomic E-state index is 14.1. The summed E-state index contributed by atoms with van der Waals surface area (Å²) in [6.07, 6.45) is 6.23. The topological polar surface area (TPSA) is 40.5 Å². The molecule has 0 unspecified atom stereocenters. The molecule has 0 amide bonds. The molecule has 0 spiro atoms. The van der Waals surface area contributed by atoms with Crippen LogP contribution in [0.2, 0.25) is 0 Å². The Hall–Kier alpha value is -2.10. The Balaban J connectivity index is 1.61. The Kier molecular flexibility index (Phi) is 3.23. The molecule has 136 valence electrons. The van der Waals surface area contributed by atoms with Gasteiger partial charge < -0.3 is 10.2 Å². The molecule has 0 aliphatic heterocycles. The number of phenols is 2. The molecule has 4 heteroatoms. The standard InChI is InChI=1S/C22H22F2O2/c23-17-6-15(1-3-19(17)25)21-8-13-5-14(9-21)11-22(10-13,12-21)16-2-4-20(26)18(24)7-16/h1-4,6-7,13-14,25-26H,5,8-12H2. The van der Waals surface area contributed by atoms with Gasteiger partial charge in [-0.1, -0.05) is 12.1 Å². The van der Waals surface area contributed by atoms with Crippen molar-refractivity contribution in [2.45, 2.75) is 49.4 Å². The third kappa shape index (κ3) is 2.20. The van der Waals surface area contributed by atoms with Crippen LogP contribution in [0.15, 0.2) is 36.4 Å². The van der Waals surface area contributed by atoms with Crippen LogP contribution in [0.25, 0.3) is 0 Å². The van der Waals surface area contributed by atoms with Gasteiger partial charge in [0.2, 0.25) is 0 Å². The molecule has 4 aliphatic rings. The Morgan fingerprint density at radius 1 is 0.731 bits per heavy atom. The molecular weight excluding hydrogens is 334 g/mol. The summed E-state index contributed by atoms with van der Waals surface area (Å²) in [7, 11) is 0. The molecule has 26 heavy (non-hydrogen) atoms. The SMILES string of the molecule is Oc1ccc(C23CC4CC(C2)CC(c2ccc(O)c(F)c2)(C4)C3)cc1F. The minimum Gasteiger partial charge on any atom is -0.505 e. The van der Waals surface area contributed by atoms with E-state index in [-0.39, 0.29) is 22.3 Å². The van der Waals surface area contributed by atoms with Crippen molar-refractivity contribution < 1.29 is 19.0 Å². The van der Waals surface area contributed by atoms with E-state index in [0.717, 1.165) is 43.2 Å². The van der Waals surface area contributed by atoms with E-state index < -0.39 is 11.6 Å². The predicted molar refractivity (Wildman–Crippen MR) is 94.2 cm³/mol. The average Bonchev–Trinajstić information content (AvgIpc) is 2.58. The number of hydrogen-bond donors (Lipinski definition) is 2. The minimum atomic E-state index is -0.567. The van der Waals surface area contributed by atoms with Gasteiger partial charge in [-0.15, -0.1) is 0 Å². The van der Waals surface area contributed by atoms with E-state index in [9.17, 15) is 19.0 Å². The molecule has 4 bridgehead atoms. The average molecular weight is 356 g/mol. The van der Waals surface area contributed by atoms with E-state index >= 15 is 0 Å². The van der Waals surface area contributed by atoms with Crippen molar-refractivity contribution in [2.24, 2.45) is 11.8 Å². The first-order valence-electron chi connectivity index (χ1n) is 9.37. The van der Waals surface area contributed by atoms with Crippen molar-refractivity contribution in [2.75, 3.05) is 0 Å². The van der Waals surface area contributed by atoms with E-state index in [2.05, 4.69) is 0 Å². The van der Waals surface area contributed by atoms with Gasteiger partial charge in [0.1, 0.15) is 0 Å². The lowest BCUT2D eigenvalue weighted by molar-refractivity contribution is -0.0283. The van der Waals surface area contributed by atoms with Crippen LogP contribution < -0.4 is 0 Å². The molecule has 0 radical (unpaired) electrons. The largest absolute Gasteiger partial charge is 0.505 e. The molecule has 0 atom stereocenters. The quantitative estimate of drug-likeness (QED) is 0.780. The van der Waals surface area contributed by atoms with Gasteiger partial charge in [-0.25, -0.2) is 8.78 Å².